The number of hydrogen-bond acceptors (Lipinski definition) is 3. The number of hydrogen-bond donors (Lipinski definition) is 1. The van der Waals surface area contributed by atoms with E-state index in [1.807, 2.05) is 47.4 Å². The van der Waals surface area contributed by atoms with Gasteiger partial charge in [0.15, 0.2) is 0 Å². The van der Waals surface area contributed by atoms with Gasteiger partial charge in [-0.3, -0.25) is 9.59 Å². The van der Waals surface area contributed by atoms with Crippen molar-refractivity contribution >= 4 is 11.8 Å². The molecule has 5 nitrogen and oxygen atoms in total. The molecule has 0 bridgehead atoms. The first-order valence-electron chi connectivity index (χ1n) is 16.6. The first kappa shape index (κ1) is 30.8. The highest BCUT2D eigenvalue weighted by molar-refractivity contribution is 6.00. The maximum absolute atomic E-state index is 14.5. The van der Waals surface area contributed by atoms with Crippen molar-refractivity contribution in [2.24, 2.45) is 0 Å². The molecule has 4 aromatic rings. The smallest absolute Gasteiger partial charge is 0.246 e. The van der Waals surface area contributed by atoms with Gasteiger partial charge in [-0.15, -0.1) is 0 Å². The topological polar surface area (TPSA) is 52.7 Å². The van der Waals surface area contributed by atoms with Crippen LogP contribution in [0, 0.1) is 0 Å². The van der Waals surface area contributed by atoms with Gasteiger partial charge in [-0.25, -0.2) is 0 Å². The maximum Gasteiger partial charge on any atom is 0.246 e. The van der Waals surface area contributed by atoms with E-state index in [0.717, 1.165) is 49.2 Å². The van der Waals surface area contributed by atoms with E-state index >= 15 is 0 Å². The molecule has 0 aliphatic carbocycles. The van der Waals surface area contributed by atoms with Crippen molar-refractivity contribution < 1.29 is 9.59 Å². The third kappa shape index (κ3) is 7.37. The number of carbonyl (C=O) groups excluding carboxylic acids is 2. The maximum atomic E-state index is 14.5. The minimum Gasteiger partial charge on any atom is -0.342 e. The lowest BCUT2D eigenvalue weighted by Crippen LogP contribution is -2.73. The highest BCUT2D eigenvalue weighted by Crippen LogP contribution is 2.37. The summed E-state index contributed by atoms with van der Waals surface area (Å²) in [6, 6.07) is 41.0. The molecule has 0 radical (unpaired) electrons. The van der Waals surface area contributed by atoms with Gasteiger partial charge in [-0.1, -0.05) is 128 Å². The van der Waals surface area contributed by atoms with E-state index in [1.165, 1.54) is 18.4 Å². The number of amides is 2. The van der Waals surface area contributed by atoms with Crippen LogP contribution in [0.4, 0.5) is 0 Å². The zero-order valence-corrected chi connectivity index (χ0v) is 26.2. The van der Waals surface area contributed by atoms with Gasteiger partial charge in [0, 0.05) is 32.0 Å². The number of nitrogens with one attached hydrogen (secondary N) is 1. The molecular weight excluding hydrogens is 554 g/mol. The fourth-order valence-corrected chi connectivity index (χ4v) is 7.21. The Kier molecular flexibility index (Phi) is 10.1. The lowest BCUT2D eigenvalue weighted by atomic mass is 9.79. The van der Waals surface area contributed by atoms with Crippen LogP contribution in [0.2, 0.25) is 0 Å². The van der Waals surface area contributed by atoms with Crippen LogP contribution in [-0.2, 0) is 22.4 Å². The van der Waals surface area contributed by atoms with E-state index in [9.17, 15) is 9.59 Å². The summed E-state index contributed by atoms with van der Waals surface area (Å²) in [5, 5.41) is 3.20. The van der Waals surface area contributed by atoms with Gasteiger partial charge in [0.2, 0.25) is 11.8 Å². The van der Waals surface area contributed by atoms with E-state index in [0.29, 0.717) is 25.8 Å². The Morgan fingerprint density at radius 1 is 0.667 bits per heavy atom. The molecular formula is C40H45N3O2. The molecule has 1 spiro atoms. The summed E-state index contributed by atoms with van der Waals surface area (Å²) in [5.74, 6) is 0.00855. The van der Waals surface area contributed by atoms with Gasteiger partial charge >= 0.3 is 0 Å². The van der Waals surface area contributed by atoms with Crippen LogP contribution in [0.1, 0.15) is 60.3 Å². The van der Waals surface area contributed by atoms with Crippen LogP contribution in [0.3, 0.4) is 0 Å². The van der Waals surface area contributed by atoms with Crippen molar-refractivity contribution in [1.29, 1.82) is 0 Å². The van der Waals surface area contributed by atoms with Gasteiger partial charge in [0.1, 0.15) is 11.6 Å². The van der Waals surface area contributed by atoms with E-state index < -0.39 is 11.6 Å². The monoisotopic (exact) mass is 599 g/mol. The van der Waals surface area contributed by atoms with Gasteiger partial charge in [-0.2, -0.15) is 0 Å². The van der Waals surface area contributed by atoms with Crippen LogP contribution >= 0.6 is 0 Å². The molecule has 2 aliphatic rings. The normalized spacial score (nSPS) is 18.3. The zero-order valence-electron chi connectivity index (χ0n) is 26.2. The Hall–Kier alpha value is -4.22. The summed E-state index contributed by atoms with van der Waals surface area (Å²) in [4.78, 5) is 33.2. The Bertz CT molecular complexity index is 1460. The SMILES string of the molecule is O=C1C(Cc2ccccc2)NC(=O)C2(CCN(CCCCCc3ccccc3)CC2)N1CC(c1ccccc1)c1ccccc1. The average molecular weight is 600 g/mol. The minimum absolute atomic E-state index is 0.00501. The number of carbonyl (C=O) groups is 2. The van der Waals surface area contributed by atoms with Crippen molar-refractivity contribution in [3.05, 3.63) is 144 Å². The lowest BCUT2D eigenvalue weighted by molar-refractivity contribution is -0.161. The summed E-state index contributed by atoms with van der Waals surface area (Å²) in [5.41, 5.74) is 3.93. The third-order valence-electron chi connectivity index (χ3n) is 9.83. The molecule has 6 rings (SSSR count). The first-order chi connectivity index (χ1) is 22.1. The minimum atomic E-state index is -0.837. The quantitative estimate of drug-likeness (QED) is 0.186. The fourth-order valence-electron chi connectivity index (χ4n) is 7.21. The standard InChI is InChI=1S/C40H45N3O2/c44-38-37(30-33-19-8-2-9-20-33)41-39(45)40(25-28-42(29-26-40)27-15-5-10-18-32-16-6-1-7-17-32)43(38)31-36(34-21-11-3-12-22-34)35-23-13-4-14-24-35/h1-4,6-9,11-14,16-17,19-24,36-37H,5,10,15,18,25-31H2,(H,41,45). The van der Waals surface area contributed by atoms with E-state index in [2.05, 4.69) is 89.1 Å². The van der Waals surface area contributed by atoms with Crippen molar-refractivity contribution in [3.63, 3.8) is 0 Å². The molecule has 4 aromatic carbocycles. The number of rotatable bonds is 12. The summed E-state index contributed by atoms with van der Waals surface area (Å²) in [6.45, 7) is 3.15. The molecule has 5 heteroatoms. The molecule has 1 atom stereocenters. The predicted molar refractivity (Wildman–Crippen MR) is 181 cm³/mol. The number of nitrogens with zero attached hydrogens (tertiary/aromatic N) is 2. The van der Waals surface area contributed by atoms with E-state index in [-0.39, 0.29) is 17.7 Å². The number of aryl methyl sites for hydroxylation is 1. The van der Waals surface area contributed by atoms with Crippen LogP contribution in [0.25, 0.3) is 0 Å². The van der Waals surface area contributed by atoms with Crippen LogP contribution < -0.4 is 5.32 Å². The number of unbranched alkanes of at least 4 members (excludes halogenated alkanes) is 2. The summed E-state index contributed by atoms with van der Waals surface area (Å²) in [7, 11) is 0. The zero-order chi connectivity index (χ0) is 30.9. The number of piperazine rings is 1. The van der Waals surface area contributed by atoms with Gasteiger partial charge in [0.25, 0.3) is 0 Å². The second-order valence-corrected chi connectivity index (χ2v) is 12.7. The molecule has 0 saturated carbocycles. The van der Waals surface area contributed by atoms with Gasteiger partial charge in [-0.05, 0) is 60.9 Å². The fraction of sp³-hybridized carbons (Fsp3) is 0.350. The van der Waals surface area contributed by atoms with Crippen LogP contribution in [0.15, 0.2) is 121 Å². The first-order valence-corrected chi connectivity index (χ1v) is 16.6. The Morgan fingerprint density at radius 3 is 1.78 bits per heavy atom. The van der Waals surface area contributed by atoms with Crippen LogP contribution in [0.5, 0.6) is 0 Å². The largest absolute Gasteiger partial charge is 0.342 e. The summed E-state index contributed by atoms with van der Waals surface area (Å²) < 4.78 is 0. The van der Waals surface area contributed by atoms with Crippen molar-refractivity contribution in [3.8, 4) is 0 Å². The molecule has 1 N–H and O–H groups in total. The second kappa shape index (κ2) is 14.7. The van der Waals surface area contributed by atoms with Crippen molar-refractivity contribution in [2.75, 3.05) is 26.2 Å². The molecule has 2 fully saturated rings. The molecule has 1 unspecified atom stereocenters. The molecule has 2 saturated heterocycles. The van der Waals surface area contributed by atoms with E-state index in [1.54, 1.807) is 0 Å². The molecule has 0 aromatic heterocycles. The molecule has 45 heavy (non-hydrogen) atoms. The predicted octanol–water partition coefficient (Wildman–Crippen LogP) is 6.64. The molecule has 2 amide bonds. The molecule has 2 aliphatic heterocycles. The molecule has 2 heterocycles. The van der Waals surface area contributed by atoms with Crippen molar-refractivity contribution in [2.45, 2.75) is 62.4 Å². The van der Waals surface area contributed by atoms with Crippen molar-refractivity contribution in [1.82, 2.24) is 15.1 Å². The number of piperidine rings is 1. The second-order valence-electron chi connectivity index (χ2n) is 12.7. The lowest BCUT2D eigenvalue weighted by Gasteiger charge is -2.52. The van der Waals surface area contributed by atoms with Gasteiger partial charge in [0.05, 0.1) is 0 Å². The highest BCUT2D eigenvalue weighted by atomic mass is 16.2. The number of benzene rings is 4. The number of likely N-dealkylation sites (tertiary alicyclic amines) is 1. The Balaban J connectivity index is 1.19. The third-order valence-corrected chi connectivity index (χ3v) is 9.83. The van der Waals surface area contributed by atoms with E-state index in [4.69, 9.17) is 0 Å². The Morgan fingerprint density at radius 2 is 1.20 bits per heavy atom. The van der Waals surface area contributed by atoms with Crippen LogP contribution in [-0.4, -0.2) is 59.4 Å². The average Bonchev–Trinajstić information content (AvgIpc) is 3.09. The summed E-state index contributed by atoms with van der Waals surface area (Å²) in [6.07, 6.45) is 6.46. The Labute approximate surface area is 268 Å². The van der Waals surface area contributed by atoms with Gasteiger partial charge < -0.3 is 15.1 Å². The summed E-state index contributed by atoms with van der Waals surface area (Å²) >= 11 is 0. The highest BCUT2D eigenvalue weighted by Gasteiger charge is 2.54. The molecule has 232 valence electrons.